The molecule has 1 aromatic heterocycles. The second kappa shape index (κ2) is 5.95. The Morgan fingerprint density at radius 3 is 2.30 bits per heavy atom. The van der Waals surface area contributed by atoms with Crippen LogP contribution in [-0.4, -0.2) is 16.1 Å². The molecule has 104 valence electrons. The number of carboxylic acids is 1. The summed E-state index contributed by atoms with van der Waals surface area (Å²) in [6, 6.07) is 5.38. The van der Waals surface area contributed by atoms with Crippen LogP contribution in [0.3, 0.4) is 0 Å². The Morgan fingerprint density at radius 2 is 1.75 bits per heavy atom. The Hall–Kier alpha value is -1.36. The van der Waals surface area contributed by atoms with Gasteiger partial charge in [-0.25, -0.2) is 4.98 Å². The predicted octanol–water partition coefficient (Wildman–Crippen LogP) is 4.48. The van der Waals surface area contributed by atoms with Gasteiger partial charge in [0.15, 0.2) is 0 Å². The van der Waals surface area contributed by atoms with E-state index in [1.165, 1.54) is 18.2 Å². The Bertz CT molecular complexity index is 668. The summed E-state index contributed by atoms with van der Waals surface area (Å²) in [4.78, 5) is 14.4. The fraction of sp³-hybridized carbons (Fsp3) is 0.0769. The van der Waals surface area contributed by atoms with Crippen LogP contribution in [0.15, 0.2) is 24.3 Å². The molecule has 0 bridgehead atoms. The van der Waals surface area contributed by atoms with Crippen LogP contribution in [0.2, 0.25) is 15.1 Å². The van der Waals surface area contributed by atoms with E-state index < -0.39 is 11.9 Å². The van der Waals surface area contributed by atoms with Crippen LogP contribution < -0.4 is 0 Å². The van der Waals surface area contributed by atoms with Crippen molar-refractivity contribution in [1.29, 1.82) is 0 Å². The van der Waals surface area contributed by atoms with Crippen LogP contribution in [0, 0.1) is 5.95 Å². The van der Waals surface area contributed by atoms with Crippen molar-refractivity contribution < 1.29 is 14.3 Å². The van der Waals surface area contributed by atoms with E-state index >= 15 is 0 Å². The van der Waals surface area contributed by atoms with Gasteiger partial charge in [0.25, 0.3) is 0 Å². The van der Waals surface area contributed by atoms with Crippen molar-refractivity contribution in [3.63, 3.8) is 0 Å². The zero-order valence-electron chi connectivity index (χ0n) is 9.83. The van der Waals surface area contributed by atoms with E-state index in [-0.39, 0.29) is 27.7 Å². The average molecular weight is 335 g/mol. The minimum Gasteiger partial charge on any atom is -0.481 e. The van der Waals surface area contributed by atoms with Crippen molar-refractivity contribution >= 4 is 40.8 Å². The van der Waals surface area contributed by atoms with Crippen LogP contribution in [0.25, 0.3) is 11.3 Å². The van der Waals surface area contributed by atoms with Crippen LogP contribution in [0.4, 0.5) is 4.39 Å². The van der Waals surface area contributed by atoms with Crippen LogP contribution in [0.1, 0.15) is 5.56 Å². The third-order valence-electron chi connectivity index (χ3n) is 2.47. The third kappa shape index (κ3) is 3.39. The molecule has 1 heterocycles. The van der Waals surface area contributed by atoms with E-state index in [0.29, 0.717) is 10.6 Å². The molecule has 1 aromatic carbocycles. The maximum absolute atomic E-state index is 13.5. The summed E-state index contributed by atoms with van der Waals surface area (Å²) in [5.74, 6) is -1.88. The molecule has 0 aliphatic carbocycles. The van der Waals surface area contributed by atoms with E-state index in [1.807, 2.05) is 0 Å². The SMILES string of the molecule is O=C(O)Cc1cc(F)nc(-c2c(Cl)cc(Cl)cc2Cl)c1. The zero-order valence-corrected chi connectivity index (χ0v) is 12.1. The normalized spacial score (nSPS) is 10.6. The molecule has 2 rings (SSSR count). The van der Waals surface area contributed by atoms with Crippen LogP contribution in [0.5, 0.6) is 0 Å². The summed E-state index contributed by atoms with van der Waals surface area (Å²) in [5.41, 5.74) is 0.735. The summed E-state index contributed by atoms with van der Waals surface area (Å²) in [5, 5.41) is 9.51. The predicted molar refractivity (Wildman–Crippen MR) is 76.0 cm³/mol. The number of benzene rings is 1. The number of hydrogen-bond acceptors (Lipinski definition) is 2. The first-order valence-electron chi connectivity index (χ1n) is 5.40. The van der Waals surface area contributed by atoms with Gasteiger partial charge in [-0.2, -0.15) is 4.39 Å². The quantitative estimate of drug-likeness (QED) is 0.842. The highest BCUT2D eigenvalue weighted by Gasteiger charge is 2.14. The fourth-order valence-corrected chi connectivity index (χ4v) is 2.75. The maximum Gasteiger partial charge on any atom is 0.307 e. The summed E-state index contributed by atoms with van der Waals surface area (Å²) in [6.45, 7) is 0. The Kier molecular flexibility index (Phi) is 4.48. The van der Waals surface area contributed by atoms with E-state index in [4.69, 9.17) is 39.9 Å². The molecule has 0 aliphatic rings. The number of carboxylic acid groups (broad SMARTS) is 1. The molecule has 0 unspecified atom stereocenters. The van der Waals surface area contributed by atoms with E-state index in [2.05, 4.69) is 4.98 Å². The van der Waals surface area contributed by atoms with E-state index in [1.54, 1.807) is 0 Å². The molecule has 20 heavy (non-hydrogen) atoms. The highest BCUT2D eigenvalue weighted by molar-refractivity contribution is 6.41. The number of rotatable bonds is 3. The lowest BCUT2D eigenvalue weighted by molar-refractivity contribution is -0.136. The summed E-state index contributed by atoms with van der Waals surface area (Å²) < 4.78 is 13.5. The molecule has 0 radical (unpaired) electrons. The van der Waals surface area contributed by atoms with Gasteiger partial charge in [0.2, 0.25) is 5.95 Å². The van der Waals surface area contributed by atoms with Gasteiger partial charge in [-0.15, -0.1) is 0 Å². The van der Waals surface area contributed by atoms with Crippen LogP contribution in [-0.2, 0) is 11.2 Å². The second-order valence-electron chi connectivity index (χ2n) is 4.00. The lowest BCUT2D eigenvalue weighted by Gasteiger charge is -2.09. The molecule has 0 amide bonds. The lowest BCUT2D eigenvalue weighted by Crippen LogP contribution is -2.02. The molecule has 0 saturated heterocycles. The highest BCUT2D eigenvalue weighted by atomic mass is 35.5. The molecule has 0 spiro atoms. The first-order chi connectivity index (χ1) is 9.36. The van der Waals surface area contributed by atoms with Crippen LogP contribution >= 0.6 is 34.8 Å². The number of aliphatic carboxylic acids is 1. The highest BCUT2D eigenvalue weighted by Crippen LogP contribution is 2.36. The van der Waals surface area contributed by atoms with Gasteiger partial charge >= 0.3 is 5.97 Å². The maximum atomic E-state index is 13.5. The van der Waals surface area contributed by atoms with Gasteiger partial charge in [-0.3, -0.25) is 4.79 Å². The molecule has 7 heteroatoms. The summed E-state index contributed by atoms with van der Waals surface area (Å²) in [7, 11) is 0. The minimum absolute atomic E-state index is 0.160. The van der Waals surface area contributed by atoms with Gasteiger partial charge < -0.3 is 5.11 Å². The topological polar surface area (TPSA) is 50.2 Å². The van der Waals surface area contributed by atoms with Crippen molar-refractivity contribution in [3.05, 3.63) is 50.8 Å². The zero-order chi connectivity index (χ0) is 14.9. The van der Waals surface area contributed by atoms with E-state index in [9.17, 15) is 9.18 Å². The summed E-state index contributed by atoms with van der Waals surface area (Å²) >= 11 is 17.9. The molecular formula is C13H7Cl3FNO2. The van der Waals surface area contributed by atoms with Gasteiger partial charge in [-0.1, -0.05) is 34.8 Å². The first-order valence-corrected chi connectivity index (χ1v) is 6.53. The molecule has 0 fully saturated rings. The van der Waals surface area contributed by atoms with Crippen molar-refractivity contribution in [2.45, 2.75) is 6.42 Å². The molecule has 0 atom stereocenters. The monoisotopic (exact) mass is 333 g/mol. The first kappa shape index (κ1) is 15.0. The number of hydrogen-bond donors (Lipinski definition) is 1. The number of nitrogens with zero attached hydrogens (tertiary/aromatic N) is 1. The summed E-state index contributed by atoms with van der Waals surface area (Å²) in [6.07, 6.45) is -0.324. The molecule has 3 nitrogen and oxygen atoms in total. The average Bonchev–Trinajstić information content (AvgIpc) is 2.25. The largest absolute Gasteiger partial charge is 0.481 e. The van der Waals surface area contributed by atoms with Crippen molar-refractivity contribution in [3.8, 4) is 11.3 Å². The van der Waals surface area contributed by atoms with Gasteiger partial charge in [0.05, 0.1) is 22.2 Å². The Labute approximate surface area is 128 Å². The number of pyridine rings is 1. The lowest BCUT2D eigenvalue weighted by atomic mass is 10.1. The second-order valence-corrected chi connectivity index (χ2v) is 5.25. The Balaban J connectivity index is 2.58. The Morgan fingerprint density at radius 1 is 1.15 bits per heavy atom. The van der Waals surface area contributed by atoms with Crippen molar-refractivity contribution in [1.82, 2.24) is 4.98 Å². The standard InChI is InChI=1S/C13H7Cl3FNO2/c14-7-4-8(15)13(9(16)5-7)10-1-6(3-12(19)20)2-11(17)18-10/h1-2,4-5H,3H2,(H,19,20). The fourth-order valence-electron chi connectivity index (χ4n) is 1.74. The molecular weight excluding hydrogens is 328 g/mol. The number of carbonyl (C=O) groups is 1. The third-order valence-corrected chi connectivity index (χ3v) is 3.29. The van der Waals surface area contributed by atoms with Gasteiger partial charge in [0.1, 0.15) is 0 Å². The molecule has 2 aromatic rings. The minimum atomic E-state index is -1.07. The van der Waals surface area contributed by atoms with Crippen molar-refractivity contribution in [2.24, 2.45) is 0 Å². The van der Waals surface area contributed by atoms with E-state index in [0.717, 1.165) is 6.07 Å². The molecule has 0 aliphatic heterocycles. The van der Waals surface area contributed by atoms with Gasteiger partial charge in [-0.05, 0) is 29.8 Å². The number of aromatic nitrogens is 1. The van der Waals surface area contributed by atoms with Gasteiger partial charge in [0, 0.05) is 10.6 Å². The van der Waals surface area contributed by atoms with Crippen molar-refractivity contribution in [2.75, 3.05) is 0 Å². The molecule has 1 N–H and O–H groups in total. The number of halogens is 4. The smallest absolute Gasteiger partial charge is 0.307 e. The molecule has 0 saturated carbocycles.